The van der Waals surface area contributed by atoms with Crippen LogP contribution in [0.25, 0.3) is 0 Å². The van der Waals surface area contributed by atoms with Crippen molar-refractivity contribution in [3.63, 3.8) is 0 Å². The van der Waals surface area contributed by atoms with E-state index in [4.69, 9.17) is 5.11 Å². The SMILES string of the molecule is OC(CF)Cn1cnnn1. The van der Waals surface area contributed by atoms with Crippen LogP contribution in [0.3, 0.4) is 0 Å². The summed E-state index contributed by atoms with van der Waals surface area (Å²) in [6, 6.07) is 0. The molecule has 0 aliphatic heterocycles. The third kappa shape index (κ3) is 1.73. The van der Waals surface area contributed by atoms with Crippen LogP contribution in [-0.4, -0.2) is 38.1 Å². The number of nitrogens with zero attached hydrogens (tertiary/aromatic N) is 4. The molecule has 5 nitrogen and oxygen atoms in total. The molecule has 10 heavy (non-hydrogen) atoms. The highest BCUT2D eigenvalue weighted by atomic mass is 19.1. The Bertz CT molecular complexity index is 177. The predicted molar refractivity (Wildman–Crippen MR) is 29.8 cm³/mol. The van der Waals surface area contributed by atoms with Gasteiger partial charge in [-0.05, 0) is 10.4 Å². The topological polar surface area (TPSA) is 63.8 Å². The number of alkyl halides is 1. The zero-order chi connectivity index (χ0) is 7.40. The van der Waals surface area contributed by atoms with Crippen LogP contribution in [0.15, 0.2) is 6.33 Å². The second-order valence-electron chi connectivity index (χ2n) is 1.84. The molecular weight excluding hydrogens is 139 g/mol. The molecule has 1 aromatic heterocycles. The van der Waals surface area contributed by atoms with Crippen LogP contribution in [0.5, 0.6) is 0 Å². The fourth-order valence-electron chi connectivity index (χ4n) is 0.529. The summed E-state index contributed by atoms with van der Waals surface area (Å²) in [4.78, 5) is 0. The molecule has 56 valence electrons. The molecular formula is C4H7FN4O. The van der Waals surface area contributed by atoms with Gasteiger partial charge < -0.3 is 5.11 Å². The van der Waals surface area contributed by atoms with Gasteiger partial charge >= 0.3 is 0 Å². The van der Waals surface area contributed by atoms with Crippen LogP contribution in [-0.2, 0) is 6.54 Å². The maximum Gasteiger partial charge on any atom is 0.138 e. The van der Waals surface area contributed by atoms with Crippen molar-refractivity contribution in [3.05, 3.63) is 6.33 Å². The van der Waals surface area contributed by atoms with Crippen LogP contribution >= 0.6 is 0 Å². The minimum absolute atomic E-state index is 0.101. The van der Waals surface area contributed by atoms with Crippen molar-refractivity contribution in [3.8, 4) is 0 Å². The van der Waals surface area contributed by atoms with Gasteiger partial charge in [0.05, 0.1) is 6.54 Å². The molecule has 0 amide bonds. The van der Waals surface area contributed by atoms with Gasteiger partial charge in [-0.2, -0.15) is 0 Å². The second kappa shape index (κ2) is 3.21. The standard InChI is InChI=1S/C4H7FN4O/c5-1-4(10)2-9-3-6-7-8-9/h3-4,10H,1-2H2. The van der Waals surface area contributed by atoms with Crippen LogP contribution < -0.4 is 0 Å². The van der Waals surface area contributed by atoms with E-state index >= 15 is 0 Å². The maximum atomic E-state index is 11.6. The van der Waals surface area contributed by atoms with E-state index in [2.05, 4.69) is 15.5 Å². The molecule has 0 fully saturated rings. The molecule has 0 saturated heterocycles. The summed E-state index contributed by atoms with van der Waals surface area (Å²) in [5.74, 6) is 0. The summed E-state index contributed by atoms with van der Waals surface area (Å²) < 4.78 is 12.9. The van der Waals surface area contributed by atoms with Gasteiger partial charge in [-0.15, -0.1) is 5.10 Å². The summed E-state index contributed by atoms with van der Waals surface area (Å²) in [6.45, 7) is -0.677. The lowest BCUT2D eigenvalue weighted by Crippen LogP contribution is -2.18. The Morgan fingerprint density at radius 3 is 3.00 bits per heavy atom. The third-order valence-electron chi connectivity index (χ3n) is 0.967. The van der Waals surface area contributed by atoms with Gasteiger partial charge in [0, 0.05) is 0 Å². The molecule has 0 saturated carbocycles. The number of hydrogen-bond acceptors (Lipinski definition) is 4. The van der Waals surface area contributed by atoms with Crippen molar-refractivity contribution in [2.24, 2.45) is 0 Å². The zero-order valence-electron chi connectivity index (χ0n) is 5.18. The highest BCUT2D eigenvalue weighted by Gasteiger charge is 2.03. The lowest BCUT2D eigenvalue weighted by atomic mass is 10.4. The first kappa shape index (κ1) is 7.07. The molecule has 0 bridgehead atoms. The predicted octanol–water partition coefficient (Wildman–Crippen LogP) is -0.997. The first-order valence-corrected chi connectivity index (χ1v) is 2.77. The smallest absolute Gasteiger partial charge is 0.138 e. The molecule has 1 N–H and O–H groups in total. The number of rotatable bonds is 3. The molecule has 1 atom stereocenters. The minimum Gasteiger partial charge on any atom is -0.388 e. The summed E-state index contributed by atoms with van der Waals surface area (Å²) in [5, 5.41) is 18.8. The first-order valence-electron chi connectivity index (χ1n) is 2.77. The Morgan fingerprint density at radius 1 is 1.70 bits per heavy atom. The lowest BCUT2D eigenvalue weighted by Gasteiger charge is -2.02. The molecule has 0 radical (unpaired) electrons. The average Bonchev–Trinajstić information content (AvgIpc) is 2.40. The maximum absolute atomic E-state index is 11.6. The van der Waals surface area contributed by atoms with Crippen LogP contribution in [0.2, 0.25) is 0 Å². The highest BCUT2D eigenvalue weighted by Crippen LogP contribution is 1.87. The largest absolute Gasteiger partial charge is 0.388 e. The van der Waals surface area contributed by atoms with Gasteiger partial charge in [0.15, 0.2) is 0 Å². The van der Waals surface area contributed by atoms with E-state index in [0.717, 1.165) is 0 Å². The number of hydrogen-bond donors (Lipinski definition) is 1. The quantitative estimate of drug-likeness (QED) is 0.594. The summed E-state index contributed by atoms with van der Waals surface area (Å²) in [6.07, 6.45) is 0.308. The number of tetrazole rings is 1. The fourth-order valence-corrected chi connectivity index (χ4v) is 0.529. The molecule has 0 aromatic carbocycles. The summed E-state index contributed by atoms with van der Waals surface area (Å²) in [7, 11) is 0. The van der Waals surface area contributed by atoms with E-state index < -0.39 is 12.8 Å². The molecule has 1 rings (SSSR count). The van der Waals surface area contributed by atoms with E-state index in [0.29, 0.717) is 0 Å². The average molecular weight is 146 g/mol. The highest BCUT2D eigenvalue weighted by molar-refractivity contribution is 4.54. The normalized spacial score (nSPS) is 13.4. The van der Waals surface area contributed by atoms with E-state index in [1.807, 2.05) is 0 Å². The van der Waals surface area contributed by atoms with Gasteiger partial charge in [0.1, 0.15) is 19.1 Å². The monoisotopic (exact) mass is 146 g/mol. The molecule has 6 heteroatoms. The van der Waals surface area contributed by atoms with E-state index in [9.17, 15) is 4.39 Å². The molecule has 1 unspecified atom stereocenters. The molecule has 0 aliphatic rings. The number of aliphatic hydroxyl groups is 1. The van der Waals surface area contributed by atoms with Gasteiger partial charge in [-0.25, -0.2) is 9.07 Å². The van der Waals surface area contributed by atoms with Gasteiger partial charge in [-0.3, -0.25) is 0 Å². The van der Waals surface area contributed by atoms with Crippen molar-refractivity contribution in [2.45, 2.75) is 12.6 Å². The van der Waals surface area contributed by atoms with Crippen molar-refractivity contribution in [1.29, 1.82) is 0 Å². The van der Waals surface area contributed by atoms with Gasteiger partial charge in [-0.1, -0.05) is 0 Å². The van der Waals surface area contributed by atoms with E-state index in [-0.39, 0.29) is 6.54 Å². The number of aliphatic hydroxyl groups excluding tert-OH is 1. The van der Waals surface area contributed by atoms with E-state index in [1.165, 1.54) is 11.0 Å². The van der Waals surface area contributed by atoms with Crippen molar-refractivity contribution in [2.75, 3.05) is 6.67 Å². The molecule has 1 aromatic rings. The summed E-state index contributed by atoms with van der Waals surface area (Å²) >= 11 is 0. The minimum atomic E-state index is -1.01. The molecule has 1 heterocycles. The van der Waals surface area contributed by atoms with Crippen molar-refractivity contribution < 1.29 is 9.50 Å². The molecule has 0 spiro atoms. The lowest BCUT2D eigenvalue weighted by molar-refractivity contribution is 0.117. The Morgan fingerprint density at radius 2 is 2.50 bits per heavy atom. The van der Waals surface area contributed by atoms with E-state index in [1.54, 1.807) is 0 Å². The molecule has 0 aliphatic carbocycles. The number of aromatic nitrogens is 4. The van der Waals surface area contributed by atoms with Gasteiger partial charge in [0.2, 0.25) is 0 Å². The third-order valence-corrected chi connectivity index (χ3v) is 0.967. The summed E-state index contributed by atoms with van der Waals surface area (Å²) in [5.41, 5.74) is 0. The van der Waals surface area contributed by atoms with Crippen molar-refractivity contribution in [1.82, 2.24) is 20.2 Å². The van der Waals surface area contributed by atoms with Crippen LogP contribution in [0.1, 0.15) is 0 Å². The number of halogens is 1. The Labute approximate surface area is 56.5 Å². The Hall–Kier alpha value is -1.04. The van der Waals surface area contributed by atoms with Gasteiger partial charge in [0.25, 0.3) is 0 Å². The Balaban J connectivity index is 2.40. The second-order valence-corrected chi connectivity index (χ2v) is 1.84. The zero-order valence-corrected chi connectivity index (χ0v) is 5.18. The van der Waals surface area contributed by atoms with Crippen molar-refractivity contribution >= 4 is 0 Å². The van der Waals surface area contributed by atoms with Crippen LogP contribution in [0, 0.1) is 0 Å². The van der Waals surface area contributed by atoms with Crippen LogP contribution in [0.4, 0.5) is 4.39 Å². The fraction of sp³-hybridized carbons (Fsp3) is 0.750. The Kier molecular flexibility index (Phi) is 2.27. The first-order chi connectivity index (χ1) is 4.83.